The summed E-state index contributed by atoms with van der Waals surface area (Å²) in [6, 6.07) is 11.8. The first kappa shape index (κ1) is 28.2. The van der Waals surface area contributed by atoms with Gasteiger partial charge in [0.05, 0.1) is 5.56 Å². The summed E-state index contributed by atoms with van der Waals surface area (Å²) in [7, 11) is 0. The Morgan fingerprint density at radius 3 is 2.73 bits per heavy atom. The topological polar surface area (TPSA) is 114 Å². The van der Waals surface area contributed by atoms with Crippen LogP contribution in [0.15, 0.2) is 42.7 Å². The number of aryl methyl sites for hydroxylation is 1. The second-order valence-corrected chi connectivity index (χ2v) is 12.1. The molecule has 0 saturated carbocycles. The minimum Gasteiger partial charge on any atom is -0.434 e. The van der Waals surface area contributed by atoms with Crippen LogP contribution < -0.4 is 9.64 Å². The number of anilines is 1. The molecular weight excluding hydrogens is 559 g/mol. The number of nitrogens with zero attached hydrogens (tertiary/aromatic N) is 7. The minimum atomic E-state index is -0.526. The van der Waals surface area contributed by atoms with E-state index >= 15 is 0 Å². The van der Waals surface area contributed by atoms with Gasteiger partial charge in [-0.2, -0.15) is 5.26 Å². The van der Waals surface area contributed by atoms with Gasteiger partial charge in [-0.1, -0.05) is 6.07 Å². The first-order valence-electron chi connectivity index (χ1n) is 15.6. The lowest BCUT2D eigenvalue weighted by Gasteiger charge is -2.54. The number of fused-ring (bicyclic) bond motifs is 1. The second-order valence-electron chi connectivity index (χ2n) is 12.1. The van der Waals surface area contributed by atoms with Crippen molar-refractivity contribution in [3.05, 3.63) is 70.9 Å². The average Bonchev–Trinajstić information content (AvgIpc) is 3.46. The fourth-order valence-corrected chi connectivity index (χ4v) is 6.42. The zero-order chi connectivity index (χ0) is 31.9. The number of halogens is 1. The minimum absolute atomic E-state index is 0.0640. The largest absolute Gasteiger partial charge is 0.434 e. The van der Waals surface area contributed by atoms with Crippen molar-refractivity contribution in [3.63, 3.8) is 0 Å². The number of ether oxygens (including phenoxy) is 1. The molecule has 1 amide bonds. The number of hydrogen-bond acceptors (Lipinski definition) is 8. The third kappa shape index (κ3) is 5.57. The van der Waals surface area contributed by atoms with E-state index in [9.17, 15) is 14.4 Å². The third-order valence-electron chi connectivity index (χ3n) is 8.94. The van der Waals surface area contributed by atoms with Crippen molar-refractivity contribution in [2.75, 3.05) is 37.6 Å². The van der Waals surface area contributed by atoms with Crippen molar-refractivity contribution in [2.24, 2.45) is 5.41 Å². The number of nitrogens with one attached hydrogen (secondary N) is 1. The number of piperidine rings is 1. The molecule has 228 valence electrons. The predicted molar refractivity (Wildman–Crippen MR) is 165 cm³/mol. The average molecular weight is 598 g/mol. The predicted octanol–water partition coefficient (Wildman–Crippen LogP) is 5.44. The molecule has 1 atom stereocenters. The number of rotatable bonds is 8. The summed E-state index contributed by atoms with van der Waals surface area (Å²) >= 11 is 0. The summed E-state index contributed by atoms with van der Waals surface area (Å²) in [6.45, 7) is 10.8. The van der Waals surface area contributed by atoms with Crippen LogP contribution in [0, 0.1) is 29.5 Å². The van der Waals surface area contributed by atoms with Crippen LogP contribution in [0.25, 0.3) is 10.9 Å². The Balaban J connectivity index is 1.13. The first-order valence-corrected chi connectivity index (χ1v) is 15.0. The van der Waals surface area contributed by atoms with E-state index in [0.29, 0.717) is 18.1 Å². The lowest BCUT2D eigenvalue weighted by Crippen LogP contribution is -2.60. The molecule has 11 heteroatoms. The quantitative estimate of drug-likeness (QED) is 0.286. The van der Waals surface area contributed by atoms with Crippen molar-refractivity contribution >= 4 is 22.6 Å². The van der Waals surface area contributed by atoms with Crippen LogP contribution in [0.5, 0.6) is 11.6 Å². The molecule has 10 nitrogen and oxygen atoms in total. The maximum atomic E-state index is 14.3. The van der Waals surface area contributed by atoms with Crippen LogP contribution in [0.2, 0.25) is 0 Å². The smallest absolute Gasteiger partial charge is 0.282 e. The highest BCUT2D eigenvalue weighted by molar-refractivity contribution is 5.97. The molecule has 1 N–H and O–H groups in total. The Bertz CT molecular complexity index is 1770. The summed E-state index contributed by atoms with van der Waals surface area (Å²) < 4.78 is 29.4. The van der Waals surface area contributed by atoms with Crippen LogP contribution in [-0.4, -0.2) is 74.6 Å². The zero-order valence-electron chi connectivity index (χ0n) is 26.5. The van der Waals surface area contributed by atoms with Crippen molar-refractivity contribution in [1.82, 2.24) is 30.0 Å². The van der Waals surface area contributed by atoms with E-state index in [2.05, 4.69) is 36.0 Å². The van der Waals surface area contributed by atoms with Crippen LogP contribution in [0.3, 0.4) is 0 Å². The van der Waals surface area contributed by atoms with Gasteiger partial charge in [0.2, 0.25) is 0 Å². The molecule has 2 fully saturated rings. The van der Waals surface area contributed by atoms with Gasteiger partial charge in [0.15, 0.2) is 5.82 Å². The van der Waals surface area contributed by atoms with E-state index in [0.717, 1.165) is 61.1 Å². The lowest BCUT2D eigenvalue weighted by molar-refractivity contribution is 0.0712. The number of nitriles is 1. The van der Waals surface area contributed by atoms with Crippen LogP contribution in [0.1, 0.15) is 62.2 Å². The molecule has 2 aliphatic rings. The number of carbonyl (C=O) groups is 1. The Hall–Kier alpha value is -4.56. The summed E-state index contributed by atoms with van der Waals surface area (Å²) in [5.74, 6) is 0.0492. The number of hydrogen-bond donors (Lipinski definition) is 1. The molecule has 6 rings (SSSR count). The Kier molecular flexibility index (Phi) is 7.60. The standard InChI is InChI=1S/C33H37FN8O2/c1-5-42(21(2)3)32(43)27-14-24(34)7-9-29(27)44-31-30(36-20-37-39-31)41-18-33(19-41)10-12-40(13-11-33)17-23-6-8-28-26(22(23)4)15-25(16-35)38-28/h6-9,14-15,20-21,38H,5,10-13,17-19H2,1-4H3/i17D. The molecule has 0 bridgehead atoms. The Morgan fingerprint density at radius 1 is 1.25 bits per heavy atom. The molecule has 2 saturated heterocycles. The zero-order valence-corrected chi connectivity index (χ0v) is 25.5. The molecule has 44 heavy (non-hydrogen) atoms. The van der Waals surface area contributed by atoms with Gasteiger partial charge < -0.3 is 19.5 Å². The summed E-state index contributed by atoms with van der Waals surface area (Å²) in [6.07, 6.45) is 3.25. The highest BCUT2D eigenvalue weighted by Crippen LogP contribution is 2.44. The summed E-state index contributed by atoms with van der Waals surface area (Å²) in [4.78, 5) is 26.9. The molecule has 0 aliphatic carbocycles. The number of amides is 1. The molecule has 1 unspecified atom stereocenters. The number of aromatic nitrogens is 4. The lowest BCUT2D eigenvalue weighted by atomic mass is 9.72. The van der Waals surface area contributed by atoms with E-state index in [1.165, 1.54) is 24.5 Å². The normalized spacial score (nSPS) is 17.3. The first-order chi connectivity index (χ1) is 21.6. The maximum Gasteiger partial charge on any atom is 0.282 e. The van der Waals surface area contributed by atoms with Crippen LogP contribution >= 0.6 is 0 Å². The van der Waals surface area contributed by atoms with Crippen molar-refractivity contribution in [3.8, 4) is 17.7 Å². The van der Waals surface area contributed by atoms with Crippen LogP contribution in [-0.2, 0) is 6.52 Å². The molecule has 2 aromatic carbocycles. The van der Waals surface area contributed by atoms with Gasteiger partial charge in [0.1, 0.15) is 29.7 Å². The molecule has 1 spiro atoms. The van der Waals surface area contributed by atoms with Gasteiger partial charge in [-0.25, -0.2) is 9.37 Å². The highest BCUT2D eigenvalue weighted by Gasteiger charge is 2.46. The number of carbonyl (C=O) groups excluding carboxylic acids is 1. The van der Waals surface area contributed by atoms with E-state index in [4.69, 9.17) is 6.11 Å². The fourth-order valence-electron chi connectivity index (χ4n) is 6.42. The maximum absolute atomic E-state index is 14.3. The second kappa shape index (κ2) is 11.8. The number of likely N-dealkylation sites (tertiary alicyclic amines) is 1. The van der Waals surface area contributed by atoms with E-state index in [1.807, 2.05) is 45.9 Å². The molecule has 0 radical (unpaired) electrons. The summed E-state index contributed by atoms with van der Waals surface area (Å²) in [5.41, 5.74) is 3.64. The van der Waals surface area contributed by atoms with E-state index in [1.54, 1.807) is 4.90 Å². The molecular formula is C33H37FN8O2. The Morgan fingerprint density at radius 2 is 2.02 bits per heavy atom. The fraction of sp³-hybridized carbons (Fsp3) is 0.424. The van der Waals surface area contributed by atoms with Crippen LogP contribution in [0.4, 0.5) is 10.2 Å². The number of H-pyrrole nitrogens is 1. The highest BCUT2D eigenvalue weighted by atomic mass is 19.1. The van der Waals surface area contributed by atoms with Crippen molar-refractivity contribution in [2.45, 2.75) is 53.1 Å². The SMILES string of the molecule is [2H]C(c1ccc2[nH]c(C#N)cc2c1C)N1CCC2(CC1)CN(c1ncnnc1Oc1ccc(F)cc1C(=O)N(CC)C(C)C)C2. The molecule has 2 aliphatic heterocycles. The monoisotopic (exact) mass is 597 g/mol. The van der Waals surface area contributed by atoms with Gasteiger partial charge in [-0.05, 0) is 95.1 Å². The molecule has 2 aromatic heterocycles. The van der Waals surface area contributed by atoms with Crippen molar-refractivity contribution < 1.29 is 15.3 Å². The molecule has 4 aromatic rings. The van der Waals surface area contributed by atoms with Gasteiger partial charge >= 0.3 is 0 Å². The van der Waals surface area contributed by atoms with Gasteiger partial charge in [0.25, 0.3) is 11.8 Å². The van der Waals surface area contributed by atoms with Gasteiger partial charge in [0, 0.05) is 49.9 Å². The van der Waals surface area contributed by atoms with E-state index in [-0.39, 0.29) is 34.6 Å². The third-order valence-corrected chi connectivity index (χ3v) is 8.94. The van der Waals surface area contributed by atoms with Crippen molar-refractivity contribution in [1.29, 1.82) is 5.26 Å². The van der Waals surface area contributed by atoms with E-state index < -0.39 is 12.3 Å². The van der Waals surface area contributed by atoms with Gasteiger partial charge in [-0.3, -0.25) is 9.69 Å². The number of benzene rings is 2. The summed E-state index contributed by atoms with van der Waals surface area (Å²) in [5, 5.41) is 18.4. The number of aromatic amines is 1. The molecule has 4 heterocycles. The Labute approximate surface area is 257 Å². The van der Waals surface area contributed by atoms with Gasteiger partial charge in [-0.15, -0.1) is 10.2 Å².